The summed E-state index contributed by atoms with van der Waals surface area (Å²) in [5.74, 6) is 1.47. The Kier molecular flexibility index (Phi) is 5.57. The van der Waals surface area contributed by atoms with Crippen molar-refractivity contribution >= 4 is 17.7 Å². The first-order chi connectivity index (χ1) is 13.8. The molecule has 0 radical (unpaired) electrons. The van der Waals surface area contributed by atoms with E-state index >= 15 is 0 Å². The van der Waals surface area contributed by atoms with E-state index in [-0.39, 0.29) is 11.2 Å². The van der Waals surface area contributed by atoms with Gasteiger partial charge in [-0.3, -0.25) is 14.3 Å². The molecular formula is C20H21N5O2S. The van der Waals surface area contributed by atoms with E-state index < -0.39 is 0 Å². The average molecular weight is 395 g/mol. The van der Waals surface area contributed by atoms with Crippen LogP contribution in [0.4, 0.5) is 0 Å². The molecular weight excluding hydrogens is 374 g/mol. The average Bonchev–Trinajstić information content (AvgIpc) is 3.05. The molecule has 1 aromatic carbocycles. The zero-order valence-electron chi connectivity index (χ0n) is 15.5. The third-order valence-corrected chi connectivity index (χ3v) is 5.80. The molecule has 2 aromatic heterocycles. The first kappa shape index (κ1) is 18.5. The second kappa shape index (κ2) is 8.43. The second-order valence-electron chi connectivity index (χ2n) is 6.45. The molecule has 1 fully saturated rings. The summed E-state index contributed by atoms with van der Waals surface area (Å²) in [5, 5.41) is 12.3. The monoisotopic (exact) mass is 395 g/mol. The number of hydrogen-bond acceptors (Lipinski definition) is 6. The van der Waals surface area contributed by atoms with Gasteiger partial charge in [0.05, 0.1) is 18.0 Å². The standard InChI is InChI=1S/C20H21N5O2S/c1-27-15-10-8-14(9-11-15)25-18(16-6-2-4-12-21-16)23-24-20(25)28-17-7-3-5-13-22-19(17)26/h2,4,6,8-12,17H,3,5,7,13H2,1H3,(H,22,26)/t17-/m0/s1. The lowest BCUT2D eigenvalue weighted by Gasteiger charge is -2.14. The van der Waals surface area contributed by atoms with Crippen LogP contribution in [0.1, 0.15) is 19.3 Å². The molecule has 8 heteroatoms. The topological polar surface area (TPSA) is 81.9 Å². The smallest absolute Gasteiger partial charge is 0.233 e. The number of pyridine rings is 1. The van der Waals surface area contributed by atoms with Gasteiger partial charge in [0.2, 0.25) is 5.91 Å². The van der Waals surface area contributed by atoms with Gasteiger partial charge < -0.3 is 10.1 Å². The van der Waals surface area contributed by atoms with Crippen molar-refractivity contribution in [3.8, 4) is 23.0 Å². The van der Waals surface area contributed by atoms with Crippen LogP contribution in [0.3, 0.4) is 0 Å². The van der Waals surface area contributed by atoms with Crippen molar-refractivity contribution in [2.24, 2.45) is 0 Å². The number of carbonyl (C=O) groups is 1. The number of hydrogen-bond donors (Lipinski definition) is 1. The van der Waals surface area contributed by atoms with E-state index in [0.29, 0.717) is 11.0 Å². The maximum Gasteiger partial charge on any atom is 0.233 e. The lowest BCUT2D eigenvalue weighted by molar-refractivity contribution is -0.120. The molecule has 1 amide bonds. The molecule has 0 spiro atoms. The SMILES string of the molecule is COc1ccc(-n2c(S[C@H]3CCCCNC3=O)nnc2-c2ccccn2)cc1. The molecule has 1 aliphatic rings. The molecule has 28 heavy (non-hydrogen) atoms. The van der Waals surface area contributed by atoms with Crippen molar-refractivity contribution in [2.75, 3.05) is 13.7 Å². The number of amides is 1. The molecule has 0 unspecified atom stereocenters. The van der Waals surface area contributed by atoms with E-state index in [0.717, 1.165) is 42.9 Å². The summed E-state index contributed by atoms with van der Waals surface area (Å²) in [7, 11) is 1.64. The van der Waals surface area contributed by atoms with Gasteiger partial charge >= 0.3 is 0 Å². The Bertz CT molecular complexity index is 943. The molecule has 4 rings (SSSR count). The summed E-state index contributed by atoms with van der Waals surface area (Å²) in [6.07, 6.45) is 4.58. The highest BCUT2D eigenvalue weighted by atomic mass is 32.2. The van der Waals surface area contributed by atoms with E-state index in [2.05, 4.69) is 20.5 Å². The Labute approximate surface area is 167 Å². The number of methoxy groups -OCH3 is 1. The van der Waals surface area contributed by atoms with Crippen LogP contribution in [0.2, 0.25) is 0 Å². The van der Waals surface area contributed by atoms with Crippen molar-refractivity contribution in [3.63, 3.8) is 0 Å². The number of nitrogens with one attached hydrogen (secondary N) is 1. The van der Waals surface area contributed by atoms with Gasteiger partial charge in [0.1, 0.15) is 11.4 Å². The van der Waals surface area contributed by atoms with Gasteiger partial charge in [-0.25, -0.2) is 0 Å². The molecule has 3 aromatic rings. The van der Waals surface area contributed by atoms with E-state index in [9.17, 15) is 4.79 Å². The minimum absolute atomic E-state index is 0.0613. The fourth-order valence-electron chi connectivity index (χ4n) is 3.12. The molecule has 1 aliphatic heterocycles. The van der Waals surface area contributed by atoms with Crippen LogP contribution in [0, 0.1) is 0 Å². The van der Waals surface area contributed by atoms with Crippen LogP contribution in [-0.2, 0) is 4.79 Å². The Hall–Kier alpha value is -2.87. The van der Waals surface area contributed by atoms with Crippen molar-refractivity contribution in [1.82, 2.24) is 25.1 Å². The summed E-state index contributed by atoms with van der Waals surface area (Å²) in [6.45, 7) is 0.736. The van der Waals surface area contributed by atoms with Crippen LogP contribution < -0.4 is 10.1 Å². The number of aromatic nitrogens is 4. The van der Waals surface area contributed by atoms with E-state index in [4.69, 9.17) is 4.74 Å². The number of nitrogens with zero attached hydrogens (tertiary/aromatic N) is 4. The highest BCUT2D eigenvalue weighted by Gasteiger charge is 2.26. The van der Waals surface area contributed by atoms with E-state index in [1.54, 1.807) is 13.3 Å². The summed E-state index contributed by atoms with van der Waals surface area (Å²) >= 11 is 1.45. The molecule has 144 valence electrons. The van der Waals surface area contributed by atoms with Gasteiger partial charge in [-0.1, -0.05) is 24.2 Å². The third kappa shape index (κ3) is 3.87. The number of ether oxygens (including phenoxy) is 1. The quantitative estimate of drug-likeness (QED) is 0.715. The first-order valence-corrected chi connectivity index (χ1v) is 10.1. The Morgan fingerprint density at radius 1 is 1.14 bits per heavy atom. The van der Waals surface area contributed by atoms with Gasteiger partial charge in [0, 0.05) is 12.7 Å². The largest absolute Gasteiger partial charge is 0.497 e. The van der Waals surface area contributed by atoms with Crippen LogP contribution in [0.5, 0.6) is 5.75 Å². The predicted molar refractivity (Wildman–Crippen MR) is 108 cm³/mol. The van der Waals surface area contributed by atoms with E-state index in [1.807, 2.05) is 47.0 Å². The lowest BCUT2D eigenvalue weighted by atomic mass is 10.2. The van der Waals surface area contributed by atoms with Crippen molar-refractivity contribution in [1.29, 1.82) is 0 Å². The van der Waals surface area contributed by atoms with Gasteiger partial charge in [-0.15, -0.1) is 10.2 Å². The first-order valence-electron chi connectivity index (χ1n) is 9.22. The van der Waals surface area contributed by atoms with E-state index in [1.165, 1.54) is 11.8 Å². The molecule has 1 atom stereocenters. The molecule has 3 heterocycles. The lowest BCUT2D eigenvalue weighted by Crippen LogP contribution is -2.30. The van der Waals surface area contributed by atoms with Crippen molar-refractivity contribution < 1.29 is 9.53 Å². The van der Waals surface area contributed by atoms with Gasteiger partial charge in [0.25, 0.3) is 0 Å². The summed E-state index contributed by atoms with van der Waals surface area (Å²) in [6, 6.07) is 13.4. The van der Waals surface area contributed by atoms with Gasteiger partial charge in [0.15, 0.2) is 11.0 Å². The maximum absolute atomic E-state index is 12.4. The fourth-order valence-corrected chi connectivity index (χ4v) is 4.24. The zero-order chi connectivity index (χ0) is 19.3. The molecule has 1 N–H and O–H groups in total. The van der Waals surface area contributed by atoms with Crippen molar-refractivity contribution in [2.45, 2.75) is 29.7 Å². The second-order valence-corrected chi connectivity index (χ2v) is 7.62. The Morgan fingerprint density at radius 2 is 2.00 bits per heavy atom. The van der Waals surface area contributed by atoms with Crippen LogP contribution >= 0.6 is 11.8 Å². The Balaban J connectivity index is 1.75. The summed E-state index contributed by atoms with van der Waals surface area (Å²) < 4.78 is 7.22. The molecule has 7 nitrogen and oxygen atoms in total. The number of rotatable bonds is 5. The van der Waals surface area contributed by atoms with Crippen LogP contribution in [-0.4, -0.2) is 44.6 Å². The highest BCUT2D eigenvalue weighted by Crippen LogP contribution is 2.32. The maximum atomic E-state index is 12.4. The zero-order valence-corrected chi connectivity index (χ0v) is 16.4. The van der Waals surface area contributed by atoms with Crippen LogP contribution in [0.25, 0.3) is 17.2 Å². The Morgan fingerprint density at radius 3 is 2.75 bits per heavy atom. The predicted octanol–water partition coefficient (Wildman–Crippen LogP) is 3.10. The summed E-state index contributed by atoms with van der Waals surface area (Å²) in [5.41, 5.74) is 1.62. The number of carbonyl (C=O) groups excluding carboxylic acids is 1. The molecule has 1 saturated heterocycles. The molecule has 0 aliphatic carbocycles. The highest BCUT2D eigenvalue weighted by molar-refractivity contribution is 8.00. The minimum Gasteiger partial charge on any atom is -0.497 e. The van der Waals surface area contributed by atoms with Gasteiger partial charge in [-0.05, 0) is 49.2 Å². The van der Waals surface area contributed by atoms with Crippen molar-refractivity contribution in [3.05, 3.63) is 48.7 Å². The normalized spacial score (nSPS) is 17.0. The fraction of sp³-hybridized carbons (Fsp3) is 0.300. The third-order valence-electron chi connectivity index (χ3n) is 4.59. The number of thioether (sulfide) groups is 1. The van der Waals surface area contributed by atoms with Gasteiger partial charge in [-0.2, -0.15) is 0 Å². The minimum atomic E-state index is -0.180. The number of benzene rings is 1. The molecule has 0 saturated carbocycles. The van der Waals surface area contributed by atoms with Crippen LogP contribution in [0.15, 0.2) is 53.8 Å². The summed E-state index contributed by atoms with van der Waals surface area (Å²) in [4.78, 5) is 16.8. The molecule has 0 bridgehead atoms.